The number of ether oxygens (including phenoxy) is 1. The highest BCUT2D eigenvalue weighted by atomic mass is 16.5. The van der Waals surface area contributed by atoms with E-state index in [0.717, 1.165) is 37.8 Å². The van der Waals surface area contributed by atoms with Gasteiger partial charge in [0, 0.05) is 12.6 Å². The van der Waals surface area contributed by atoms with Crippen molar-refractivity contribution in [2.24, 2.45) is 11.7 Å². The average Bonchev–Trinajstić information content (AvgIpc) is 2.50. The van der Waals surface area contributed by atoms with Gasteiger partial charge in [0.15, 0.2) is 0 Å². The molecule has 0 spiro atoms. The van der Waals surface area contributed by atoms with E-state index in [4.69, 9.17) is 10.5 Å². The van der Waals surface area contributed by atoms with Crippen LogP contribution in [0, 0.1) is 5.92 Å². The first-order valence-electron chi connectivity index (χ1n) is 8.46. The lowest BCUT2D eigenvalue weighted by Gasteiger charge is -2.26. The van der Waals surface area contributed by atoms with Crippen molar-refractivity contribution < 1.29 is 4.74 Å². The zero-order valence-corrected chi connectivity index (χ0v) is 13.3. The second-order valence-electron chi connectivity index (χ2n) is 6.26. The van der Waals surface area contributed by atoms with Gasteiger partial charge in [-0.05, 0) is 62.3 Å². The lowest BCUT2D eigenvalue weighted by molar-refractivity contribution is 0.308. The summed E-state index contributed by atoms with van der Waals surface area (Å²) < 4.78 is 5.75. The fourth-order valence-electron chi connectivity index (χ4n) is 2.89. The lowest BCUT2D eigenvalue weighted by Crippen LogP contribution is -2.31. The molecule has 0 radical (unpaired) electrons. The van der Waals surface area contributed by atoms with Gasteiger partial charge in [0.1, 0.15) is 5.75 Å². The molecule has 0 atom stereocenters. The van der Waals surface area contributed by atoms with Crippen molar-refractivity contribution in [2.45, 2.75) is 58.0 Å². The number of unbranched alkanes of at least 4 members (excludes halogenated alkanes) is 1. The van der Waals surface area contributed by atoms with Gasteiger partial charge in [0.05, 0.1) is 6.61 Å². The Morgan fingerprint density at radius 1 is 1.24 bits per heavy atom. The summed E-state index contributed by atoms with van der Waals surface area (Å²) in [6.45, 7) is 5.03. The van der Waals surface area contributed by atoms with Gasteiger partial charge in [0.25, 0.3) is 0 Å². The Morgan fingerprint density at radius 2 is 2.05 bits per heavy atom. The molecule has 0 bridgehead atoms. The summed E-state index contributed by atoms with van der Waals surface area (Å²) in [5.41, 5.74) is 7.25. The molecule has 0 heterocycles. The molecule has 0 unspecified atom stereocenters. The van der Waals surface area contributed by atoms with Crippen molar-refractivity contribution in [1.29, 1.82) is 0 Å². The third kappa shape index (κ3) is 6.06. The molecule has 1 aromatic rings. The molecule has 0 aliphatic heterocycles. The number of hydrogen-bond acceptors (Lipinski definition) is 3. The fraction of sp³-hybridized carbons (Fsp3) is 0.667. The monoisotopic (exact) mass is 290 g/mol. The Kier molecular flexibility index (Phi) is 7.04. The van der Waals surface area contributed by atoms with Gasteiger partial charge >= 0.3 is 0 Å². The normalized spacial score (nSPS) is 22.2. The molecule has 1 fully saturated rings. The first-order chi connectivity index (χ1) is 10.3. The van der Waals surface area contributed by atoms with E-state index in [1.54, 1.807) is 0 Å². The van der Waals surface area contributed by atoms with Crippen LogP contribution in [0.2, 0.25) is 0 Å². The zero-order valence-electron chi connectivity index (χ0n) is 13.3. The topological polar surface area (TPSA) is 47.3 Å². The predicted octanol–water partition coefficient (Wildman–Crippen LogP) is 3.47. The van der Waals surface area contributed by atoms with Crippen LogP contribution in [0.5, 0.6) is 5.75 Å². The molecule has 0 aromatic heterocycles. The van der Waals surface area contributed by atoms with Gasteiger partial charge < -0.3 is 15.8 Å². The maximum absolute atomic E-state index is 5.95. The number of benzene rings is 1. The van der Waals surface area contributed by atoms with Crippen LogP contribution in [-0.2, 0) is 6.54 Å². The van der Waals surface area contributed by atoms with Crippen LogP contribution in [0.15, 0.2) is 24.3 Å². The molecule has 1 aromatic carbocycles. The minimum Gasteiger partial charge on any atom is -0.494 e. The van der Waals surface area contributed by atoms with Gasteiger partial charge in [-0.25, -0.2) is 0 Å². The summed E-state index contributed by atoms with van der Waals surface area (Å²) in [7, 11) is 0. The Bertz CT molecular complexity index is 400. The van der Waals surface area contributed by atoms with Crippen LogP contribution in [-0.4, -0.2) is 19.2 Å². The molecule has 0 saturated heterocycles. The van der Waals surface area contributed by atoms with Crippen molar-refractivity contribution in [3.63, 3.8) is 0 Å². The summed E-state index contributed by atoms with van der Waals surface area (Å²) in [6.07, 6.45) is 7.21. The first kappa shape index (κ1) is 16.3. The average molecular weight is 290 g/mol. The van der Waals surface area contributed by atoms with Crippen molar-refractivity contribution in [1.82, 2.24) is 5.32 Å². The van der Waals surface area contributed by atoms with E-state index in [9.17, 15) is 0 Å². The number of nitrogens with two attached hydrogens (primary N) is 1. The minimum absolute atomic E-state index is 0.443. The van der Waals surface area contributed by atoms with Crippen LogP contribution in [0.3, 0.4) is 0 Å². The third-order valence-electron chi connectivity index (χ3n) is 4.32. The quantitative estimate of drug-likeness (QED) is 0.721. The third-order valence-corrected chi connectivity index (χ3v) is 4.32. The van der Waals surface area contributed by atoms with Gasteiger partial charge in [-0.2, -0.15) is 0 Å². The second-order valence-corrected chi connectivity index (χ2v) is 6.26. The zero-order chi connectivity index (χ0) is 14.9. The highest BCUT2D eigenvalue weighted by Gasteiger charge is 2.17. The largest absolute Gasteiger partial charge is 0.494 e. The molecule has 2 rings (SSSR count). The van der Waals surface area contributed by atoms with E-state index < -0.39 is 0 Å². The standard InChI is InChI=1S/C18H30N2O/c1-2-3-11-21-18-6-4-5-16(12-18)14-20-13-15-7-9-17(19)10-8-15/h4-6,12,15,17,20H,2-3,7-11,13-14,19H2,1H3. The molecule has 3 nitrogen and oxygen atoms in total. The Hall–Kier alpha value is -1.06. The predicted molar refractivity (Wildman–Crippen MR) is 88.5 cm³/mol. The molecular formula is C18H30N2O. The number of nitrogens with one attached hydrogen (secondary N) is 1. The van der Waals surface area contributed by atoms with E-state index in [2.05, 4.69) is 30.4 Å². The maximum atomic E-state index is 5.95. The molecule has 1 aliphatic carbocycles. The second kappa shape index (κ2) is 9.06. The van der Waals surface area contributed by atoms with Crippen molar-refractivity contribution in [3.05, 3.63) is 29.8 Å². The Balaban J connectivity index is 1.69. The van der Waals surface area contributed by atoms with E-state index >= 15 is 0 Å². The summed E-state index contributed by atoms with van der Waals surface area (Å²) in [5, 5.41) is 3.58. The van der Waals surface area contributed by atoms with E-state index in [-0.39, 0.29) is 0 Å². The van der Waals surface area contributed by atoms with Gasteiger partial charge in [-0.3, -0.25) is 0 Å². The molecule has 1 saturated carbocycles. The van der Waals surface area contributed by atoms with Crippen LogP contribution in [0.4, 0.5) is 0 Å². The molecular weight excluding hydrogens is 260 g/mol. The van der Waals surface area contributed by atoms with Gasteiger partial charge in [0.2, 0.25) is 0 Å². The molecule has 1 aliphatic rings. The minimum atomic E-state index is 0.443. The van der Waals surface area contributed by atoms with Crippen molar-refractivity contribution in [2.75, 3.05) is 13.2 Å². The highest BCUT2D eigenvalue weighted by Crippen LogP contribution is 2.22. The molecule has 118 valence electrons. The Morgan fingerprint density at radius 3 is 2.81 bits per heavy atom. The lowest BCUT2D eigenvalue weighted by atomic mass is 9.86. The summed E-state index contributed by atoms with van der Waals surface area (Å²) in [5.74, 6) is 1.79. The Labute approximate surface area is 129 Å². The van der Waals surface area contributed by atoms with Crippen LogP contribution >= 0.6 is 0 Å². The highest BCUT2D eigenvalue weighted by molar-refractivity contribution is 5.28. The van der Waals surface area contributed by atoms with Gasteiger partial charge in [-0.15, -0.1) is 0 Å². The first-order valence-corrected chi connectivity index (χ1v) is 8.46. The molecule has 21 heavy (non-hydrogen) atoms. The molecule has 3 heteroatoms. The van der Waals surface area contributed by atoms with Crippen molar-refractivity contribution >= 4 is 0 Å². The smallest absolute Gasteiger partial charge is 0.119 e. The van der Waals surface area contributed by atoms with Gasteiger partial charge in [-0.1, -0.05) is 25.5 Å². The van der Waals surface area contributed by atoms with Crippen LogP contribution in [0.25, 0.3) is 0 Å². The molecule has 0 amide bonds. The summed E-state index contributed by atoms with van der Waals surface area (Å²) in [4.78, 5) is 0. The summed E-state index contributed by atoms with van der Waals surface area (Å²) >= 11 is 0. The van der Waals surface area contributed by atoms with Crippen LogP contribution in [0.1, 0.15) is 51.0 Å². The number of hydrogen-bond donors (Lipinski definition) is 2. The number of rotatable bonds is 8. The van der Waals surface area contributed by atoms with Crippen LogP contribution < -0.4 is 15.8 Å². The van der Waals surface area contributed by atoms with E-state index in [1.807, 2.05) is 6.07 Å². The SMILES string of the molecule is CCCCOc1cccc(CNCC2CCC(N)CC2)c1. The van der Waals surface area contributed by atoms with E-state index in [0.29, 0.717) is 6.04 Å². The fourth-order valence-corrected chi connectivity index (χ4v) is 2.89. The van der Waals surface area contributed by atoms with E-state index in [1.165, 1.54) is 37.7 Å². The maximum Gasteiger partial charge on any atom is 0.119 e. The van der Waals surface area contributed by atoms with Crippen molar-refractivity contribution in [3.8, 4) is 5.75 Å². The summed E-state index contributed by atoms with van der Waals surface area (Å²) in [6, 6.07) is 8.88. The molecule has 3 N–H and O–H groups in total.